The van der Waals surface area contributed by atoms with Crippen LogP contribution < -0.4 is 5.73 Å². The molecule has 0 saturated heterocycles. The third-order valence-electron chi connectivity index (χ3n) is 2.11. The minimum Gasteiger partial charge on any atom is -0.389 e. The van der Waals surface area contributed by atoms with Crippen molar-refractivity contribution in [2.75, 3.05) is 6.54 Å². The van der Waals surface area contributed by atoms with Gasteiger partial charge in [-0.1, -0.05) is 0 Å². The molecule has 0 aliphatic heterocycles. The van der Waals surface area contributed by atoms with E-state index in [0.717, 1.165) is 0 Å². The first kappa shape index (κ1) is 11.0. The molecule has 2 atom stereocenters. The Morgan fingerprint density at radius 2 is 2.21 bits per heavy atom. The number of hydrogen-bond acceptors (Lipinski definition) is 4. The summed E-state index contributed by atoms with van der Waals surface area (Å²) in [4.78, 5) is 3.42. The zero-order chi connectivity index (χ0) is 10.7. The summed E-state index contributed by atoms with van der Waals surface area (Å²) in [5.41, 5.74) is 5.72. The highest BCUT2D eigenvalue weighted by atomic mass is 19.1. The number of nitrogens with zero attached hydrogens (tertiary/aromatic N) is 1. The molecule has 2 unspecified atom stereocenters. The molecule has 0 aliphatic rings. The van der Waals surface area contributed by atoms with Crippen molar-refractivity contribution >= 4 is 0 Å². The Kier molecular flexibility index (Phi) is 3.51. The van der Waals surface area contributed by atoms with E-state index in [1.54, 1.807) is 0 Å². The van der Waals surface area contributed by atoms with E-state index >= 15 is 0 Å². The van der Waals surface area contributed by atoms with Crippen molar-refractivity contribution < 1.29 is 14.6 Å². The molecule has 4 N–H and O–H groups in total. The Bertz CT molecular complexity index is 320. The van der Waals surface area contributed by atoms with Crippen molar-refractivity contribution in [3.05, 3.63) is 29.3 Å². The maximum Gasteiger partial charge on any atom is 0.216 e. The largest absolute Gasteiger partial charge is 0.389 e. The maximum absolute atomic E-state index is 13.0. The van der Waals surface area contributed by atoms with Crippen molar-refractivity contribution in [3.8, 4) is 0 Å². The molecule has 0 amide bonds. The van der Waals surface area contributed by atoms with Crippen LogP contribution in [0.4, 0.5) is 4.39 Å². The van der Waals surface area contributed by atoms with E-state index < -0.39 is 18.2 Å². The number of aliphatic hydroxyl groups excluding tert-OH is 2. The highest BCUT2D eigenvalue weighted by Gasteiger charge is 2.20. The predicted molar refractivity (Wildman–Crippen MR) is 49.0 cm³/mol. The zero-order valence-electron chi connectivity index (χ0n) is 7.81. The second kappa shape index (κ2) is 4.45. The van der Waals surface area contributed by atoms with Crippen molar-refractivity contribution in [1.29, 1.82) is 0 Å². The minimum absolute atomic E-state index is 0.0788. The molecule has 0 bridgehead atoms. The molecule has 1 rings (SSSR count). The molecule has 0 spiro atoms. The third kappa shape index (κ3) is 2.06. The normalized spacial score (nSPS) is 15.2. The molecule has 0 radical (unpaired) electrons. The summed E-state index contributed by atoms with van der Waals surface area (Å²) in [5, 5.41) is 18.8. The fourth-order valence-corrected chi connectivity index (χ4v) is 1.18. The highest BCUT2D eigenvalue weighted by molar-refractivity contribution is 5.26. The summed E-state index contributed by atoms with van der Waals surface area (Å²) in [6, 6.07) is 1.46. The number of halogens is 1. The van der Waals surface area contributed by atoms with Crippen molar-refractivity contribution in [1.82, 2.24) is 4.98 Å². The third-order valence-corrected chi connectivity index (χ3v) is 2.11. The molecule has 1 heterocycles. The van der Waals surface area contributed by atoms with E-state index in [-0.39, 0.29) is 12.1 Å². The molecule has 0 saturated carbocycles. The van der Waals surface area contributed by atoms with Crippen LogP contribution in [-0.4, -0.2) is 27.8 Å². The second-order valence-electron chi connectivity index (χ2n) is 3.06. The van der Waals surface area contributed by atoms with Gasteiger partial charge in [0.05, 0.1) is 6.10 Å². The maximum atomic E-state index is 13.0. The van der Waals surface area contributed by atoms with Gasteiger partial charge < -0.3 is 15.9 Å². The molecule has 0 fully saturated rings. The first-order chi connectivity index (χ1) is 6.57. The summed E-state index contributed by atoms with van der Waals surface area (Å²) in [6.07, 6.45) is -1.02. The summed E-state index contributed by atoms with van der Waals surface area (Å²) in [7, 11) is 0. The lowest BCUT2D eigenvalue weighted by Crippen LogP contribution is -2.27. The Morgan fingerprint density at radius 1 is 1.57 bits per heavy atom. The van der Waals surface area contributed by atoms with Crippen LogP contribution in [-0.2, 0) is 0 Å². The van der Waals surface area contributed by atoms with Gasteiger partial charge >= 0.3 is 0 Å². The standard InChI is InChI=1S/C9H13FN2O2/c1-5-6(2-3-12-9(5)10)8(14)7(13)4-11/h2-3,7-8,13-14H,4,11H2,1H3. The molecular weight excluding hydrogens is 187 g/mol. The summed E-state index contributed by atoms with van der Waals surface area (Å²) in [5.74, 6) is -0.647. The van der Waals surface area contributed by atoms with Crippen LogP contribution in [0.3, 0.4) is 0 Å². The van der Waals surface area contributed by atoms with E-state index in [0.29, 0.717) is 5.56 Å². The van der Waals surface area contributed by atoms with Gasteiger partial charge in [0.25, 0.3) is 0 Å². The van der Waals surface area contributed by atoms with Crippen LogP contribution in [0.25, 0.3) is 0 Å². The summed E-state index contributed by atoms with van der Waals surface area (Å²) < 4.78 is 13.0. The predicted octanol–water partition coefficient (Wildman–Crippen LogP) is -0.118. The Morgan fingerprint density at radius 3 is 2.79 bits per heavy atom. The number of nitrogens with two attached hydrogens (primary N) is 1. The molecular formula is C9H13FN2O2. The number of pyridine rings is 1. The number of rotatable bonds is 3. The fraction of sp³-hybridized carbons (Fsp3) is 0.444. The monoisotopic (exact) mass is 200 g/mol. The van der Waals surface area contributed by atoms with Gasteiger partial charge in [0.1, 0.15) is 6.10 Å². The minimum atomic E-state index is -1.17. The van der Waals surface area contributed by atoms with Gasteiger partial charge in [-0.15, -0.1) is 0 Å². The van der Waals surface area contributed by atoms with E-state index in [1.807, 2.05) is 0 Å². The van der Waals surface area contributed by atoms with Crippen LogP contribution >= 0.6 is 0 Å². The van der Waals surface area contributed by atoms with Crippen molar-refractivity contribution in [2.24, 2.45) is 5.73 Å². The lowest BCUT2D eigenvalue weighted by Gasteiger charge is -2.18. The molecule has 0 aromatic carbocycles. The van der Waals surface area contributed by atoms with E-state index in [1.165, 1.54) is 19.2 Å². The molecule has 0 aliphatic carbocycles. The van der Waals surface area contributed by atoms with Gasteiger partial charge in [-0.2, -0.15) is 4.39 Å². The summed E-state index contributed by atoms with van der Waals surface area (Å²) >= 11 is 0. The highest BCUT2D eigenvalue weighted by Crippen LogP contribution is 2.20. The zero-order valence-corrected chi connectivity index (χ0v) is 7.81. The van der Waals surface area contributed by atoms with Crippen molar-refractivity contribution in [3.63, 3.8) is 0 Å². The van der Waals surface area contributed by atoms with E-state index in [4.69, 9.17) is 5.73 Å². The topological polar surface area (TPSA) is 79.4 Å². The molecule has 1 aromatic rings. The first-order valence-corrected chi connectivity index (χ1v) is 4.25. The van der Waals surface area contributed by atoms with Gasteiger partial charge in [0.15, 0.2) is 0 Å². The Hall–Kier alpha value is -1.04. The van der Waals surface area contributed by atoms with E-state index in [2.05, 4.69) is 4.98 Å². The SMILES string of the molecule is Cc1c(C(O)C(O)CN)ccnc1F. The fourth-order valence-electron chi connectivity index (χ4n) is 1.18. The smallest absolute Gasteiger partial charge is 0.216 e. The lowest BCUT2D eigenvalue weighted by molar-refractivity contribution is 0.0237. The second-order valence-corrected chi connectivity index (χ2v) is 3.06. The van der Waals surface area contributed by atoms with Crippen LogP contribution in [0.15, 0.2) is 12.3 Å². The van der Waals surface area contributed by atoms with Gasteiger partial charge in [0, 0.05) is 18.3 Å². The van der Waals surface area contributed by atoms with Gasteiger partial charge in [-0.3, -0.25) is 0 Å². The van der Waals surface area contributed by atoms with E-state index in [9.17, 15) is 14.6 Å². The Labute approximate surface area is 81.2 Å². The number of hydrogen-bond donors (Lipinski definition) is 3. The molecule has 1 aromatic heterocycles. The average Bonchev–Trinajstić information content (AvgIpc) is 2.20. The first-order valence-electron chi connectivity index (χ1n) is 4.25. The Balaban J connectivity index is 3.01. The van der Waals surface area contributed by atoms with Crippen LogP contribution in [0.2, 0.25) is 0 Å². The molecule has 14 heavy (non-hydrogen) atoms. The molecule has 78 valence electrons. The number of aliphatic hydroxyl groups is 2. The van der Waals surface area contributed by atoms with Gasteiger partial charge in [-0.05, 0) is 18.6 Å². The number of aromatic nitrogens is 1. The van der Waals surface area contributed by atoms with Crippen molar-refractivity contribution in [2.45, 2.75) is 19.1 Å². The summed E-state index contributed by atoms with van der Waals surface area (Å²) in [6.45, 7) is 1.41. The average molecular weight is 200 g/mol. The lowest BCUT2D eigenvalue weighted by atomic mass is 10.0. The van der Waals surface area contributed by atoms with Crippen LogP contribution in [0.5, 0.6) is 0 Å². The quantitative estimate of drug-likeness (QED) is 0.594. The van der Waals surface area contributed by atoms with Gasteiger partial charge in [-0.25, -0.2) is 4.98 Å². The van der Waals surface area contributed by atoms with Crippen LogP contribution in [0, 0.1) is 12.9 Å². The van der Waals surface area contributed by atoms with Crippen LogP contribution in [0.1, 0.15) is 17.2 Å². The molecule has 4 nitrogen and oxygen atoms in total. The molecule has 5 heteroatoms. The van der Waals surface area contributed by atoms with Gasteiger partial charge in [0.2, 0.25) is 5.95 Å².